The van der Waals surface area contributed by atoms with Gasteiger partial charge in [0.25, 0.3) is 5.91 Å². The van der Waals surface area contributed by atoms with Gasteiger partial charge in [0.05, 0.1) is 13.5 Å². The molecule has 1 saturated heterocycles. The van der Waals surface area contributed by atoms with Gasteiger partial charge in [-0.15, -0.1) is 0 Å². The third kappa shape index (κ3) is 3.74. The average molecular weight is 318 g/mol. The van der Waals surface area contributed by atoms with Gasteiger partial charge < -0.3 is 10.1 Å². The number of carbonyl (C=O) groups is 4. The van der Waals surface area contributed by atoms with Gasteiger partial charge in [0.1, 0.15) is 12.1 Å². The molecule has 122 valence electrons. The second-order valence-corrected chi connectivity index (χ2v) is 5.27. The van der Waals surface area contributed by atoms with Crippen LogP contribution in [0.15, 0.2) is 30.3 Å². The van der Waals surface area contributed by atoms with Gasteiger partial charge in [-0.3, -0.25) is 24.1 Å². The maximum Gasteiger partial charge on any atom is 0.308 e. The second kappa shape index (κ2) is 7.04. The van der Waals surface area contributed by atoms with Crippen LogP contribution in [0.3, 0.4) is 0 Å². The van der Waals surface area contributed by atoms with Crippen LogP contribution in [-0.2, 0) is 30.3 Å². The molecule has 3 amide bonds. The highest BCUT2D eigenvalue weighted by Gasteiger charge is 2.43. The summed E-state index contributed by atoms with van der Waals surface area (Å²) in [5.41, 5.74) is 0.862. The van der Waals surface area contributed by atoms with E-state index in [0.717, 1.165) is 10.5 Å². The number of benzene rings is 1. The minimum atomic E-state index is -1.17. The lowest BCUT2D eigenvalue weighted by molar-refractivity contribution is -0.160. The van der Waals surface area contributed by atoms with Crippen molar-refractivity contribution in [2.45, 2.75) is 31.8 Å². The maximum absolute atomic E-state index is 12.5. The first-order valence-electron chi connectivity index (χ1n) is 7.18. The molecule has 0 aromatic heterocycles. The van der Waals surface area contributed by atoms with Crippen molar-refractivity contribution in [1.82, 2.24) is 10.2 Å². The van der Waals surface area contributed by atoms with Gasteiger partial charge in [-0.25, -0.2) is 0 Å². The van der Waals surface area contributed by atoms with E-state index in [-0.39, 0.29) is 12.8 Å². The number of methoxy groups -OCH3 is 1. The van der Waals surface area contributed by atoms with E-state index in [9.17, 15) is 19.2 Å². The summed E-state index contributed by atoms with van der Waals surface area (Å²) in [5, 5.41) is 2.59. The lowest BCUT2D eigenvalue weighted by Gasteiger charge is -2.36. The Bertz CT molecular complexity index is 629. The van der Waals surface area contributed by atoms with E-state index in [1.165, 1.54) is 14.0 Å². The standard InChI is InChI=1S/C16H18N2O5/c1-10(19)18-13(9-14(20)23-2)15(21)17-12(16(18)22)8-11-6-4-3-5-7-11/h3-7,12-13H,8-9H2,1-2H3,(H,17,21)/t12-,13-/m0/s1. The first-order chi connectivity index (χ1) is 10.9. The Kier molecular flexibility index (Phi) is 5.10. The molecule has 2 atom stereocenters. The quantitative estimate of drug-likeness (QED) is 0.791. The predicted molar refractivity (Wildman–Crippen MR) is 80.0 cm³/mol. The number of piperazine rings is 1. The molecule has 1 aliphatic rings. The summed E-state index contributed by atoms with van der Waals surface area (Å²) < 4.78 is 4.52. The molecule has 0 radical (unpaired) electrons. The van der Waals surface area contributed by atoms with Crippen molar-refractivity contribution in [3.8, 4) is 0 Å². The molecule has 0 saturated carbocycles. The van der Waals surface area contributed by atoms with Crippen LogP contribution in [-0.4, -0.2) is 47.8 Å². The molecule has 2 rings (SSSR count). The Morgan fingerprint density at radius 2 is 1.87 bits per heavy atom. The zero-order valence-corrected chi connectivity index (χ0v) is 12.9. The van der Waals surface area contributed by atoms with Crippen molar-refractivity contribution in [2.24, 2.45) is 0 Å². The molecule has 7 nitrogen and oxygen atoms in total. The van der Waals surface area contributed by atoms with E-state index in [1.807, 2.05) is 30.3 Å². The number of hydrogen-bond donors (Lipinski definition) is 1. The normalized spacial score (nSPS) is 20.9. The van der Waals surface area contributed by atoms with Gasteiger partial charge in [-0.1, -0.05) is 30.3 Å². The number of amides is 3. The number of hydrogen-bond acceptors (Lipinski definition) is 5. The number of ether oxygens (including phenoxy) is 1. The van der Waals surface area contributed by atoms with Crippen molar-refractivity contribution in [1.29, 1.82) is 0 Å². The zero-order chi connectivity index (χ0) is 17.0. The molecule has 1 aliphatic heterocycles. The molecule has 7 heteroatoms. The van der Waals surface area contributed by atoms with Crippen LogP contribution in [0.2, 0.25) is 0 Å². The van der Waals surface area contributed by atoms with Crippen molar-refractivity contribution < 1.29 is 23.9 Å². The van der Waals surface area contributed by atoms with Gasteiger partial charge in [0, 0.05) is 13.3 Å². The fraction of sp³-hybridized carbons (Fsp3) is 0.375. The first-order valence-corrected chi connectivity index (χ1v) is 7.18. The van der Waals surface area contributed by atoms with Crippen molar-refractivity contribution in [2.75, 3.05) is 7.11 Å². The van der Waals surface area contributed by atoms with Gasteiger partial charge in [-0.2, -0.15) is 0 Å². The zero-order valence-electron chi connectivity index (χ0n) is 12.9. The van der Waals surface area contributed by atoms with Crippen molar-refractivity contribution in [3.05, 3.63) is 35.9 Å². The van der Waals surface area contributed by atoms with Gasteiger partial charge >= 0.3 is 5.97 Å². The molecular formula is C16H18N2O5. The summed E-state index contributed by atoms with van der Waals surface area (Å²) in [7, 11) is 1.18. The minimum Gasteiger partial charge on any atom is -0.469 e. The summed E-state index contributed by atoms with van der Waals surface area (Å²) in [6.07, 6.45) is -0.0775. The molecule has 1 N–H and O–H groups in total. The van der Waals surface area contributed by atoms with E-state index < -0.39 is 35.8 Å². The molecule has 0 unspecified atom stereocenters. The van der Waals surface area contributed by atoms with E-state index in [1.54, 1.807) is 0 Å². The summed E-state index contributed by atoms with van der Waals surface area (Å²) in [5.74, 6) is -2.29. The number of nitrogens with zero attached hydrogens (tertiary/aromatic N) is 1. The third-order valence-corrected chi connectivity index (χ3v) is 3.68. The van der Waals surface area contributed by atoms with E-state index in [4.69, 9.17) is 0 Å². The Morgan fingerprint density at radius 3 is 2.43 bits per heavy atom. The lowest BCUT2D eigenvalue weighted by atomic mass is 9.99. The Morgan fingerprint density at radius 1 is 1.22 bits per heavy atom. The fourth-order valence-corrected chi connectivity index (χ4v) is 2.56. The Balaban J connectivity index is 2.21. The van der Waals surface area contributed by atoms with Crippen LogP contribution in [0.1, 0.15) is 18.9 Å². The number of rotatable bonds is 4. The minimum absolute atomic E-state index is 0.278. The Hall–Kier alpha value is -2.70. The number of carbonyl (C=O) groups excluding carboxylic acids is 4. The SMILES string of the molecule is COC(=O)C[C@H]1C(=O)N[C@@H](Cc2ccccc2)C(=O)N1C(C)=O. The summed E-state index contributed by atoms with van der Waals surface area (Å²) in [6, 6.07) is 7.16. The van der Waals surface area contributed by atoms with Crippen molar-refractivity contribution in [3.63, 3.8) is 0 Å². The molecule has 1 fully saturated rings. The van der Waals surface area contributed by atoms with Gasteiger partial charge in [0.15, 0.2) is 0 Å². The van der Waals surface area contributed by atoms with Gasteiger partial charge in [0.2, 0.25) is 11.8 Å². The van der Waals surface area contributed by atoms with Crippen LogP contribution >= 0.6 is 0 Å². The van der Waals surface area contributed by atoms with E-state index in [2.05, 4.69) is 10.1 Å². The summed E-state index contributed by atoms with van der Waals surface area (Å²) in [6.45, 7) is 1.19. The predicted octanol–water partition coefficient (Wildman–Crippen LogP) is 0.0343. The summed E-state index contributed by atoms with van der Waals surface area (Å²) >= 11 is 0. The molecule has 0 aliphatic carbocycles. The summed E-state index contributed by atoms with van der Waals surface area (Å²) in [4.78, 5) is 48.9. The van der Waals surface area contributed by atoms with Crippen LogP contribution in [0.4, 0.5) is 0 Å². The highest BCUT2D eigenvalue weighted by Crippen LogP contribution is 2.17. The number of esters is 1. The van der Waals surface area contributed by atoms with E-state index in [0.29, 0.717) is 0 Å². The molecule has 1 aromatic rings. The van der Waals surface area contributed by atoms with Crippen LogP contribution in [0.25, 0.3) is 0 Å². The highest BCUT2D eigenvalue weighted by atomic mass is 16.5. The highest BCUT2D eigenvalue weighted by molar-refractivity contribution is 6.07. The monoisotopic (exact) mass is 318 g/mol. The molecule has 0 bridgehead atoms. The largest absolute Gasteiger partial charge is 0.469 e. The van der Waals surface area contributed by atoms with Crippen molar-refractivity contribution >= 4 is 23.7 Å². The lowest BCUT2D eigenvalue weighted by Crippen LogP contribution is -2.65. The van der Waals surface area contributed by atoms with Crippen LogP contribution in [0, 0.1) is 0 Å². The maximum atomic E-state index is 12.5. The Labute approximate surface area is 133 Å². The molecule has 1 heterocycles. The molecule has 0 spiro atoms. The number of nitrogens with one attached hydrogen (secondary N) is 1. The second-order valence-electron chi connectivity index (χ2n) is 5.27. The third-order valence-electron chi connectivity index (χ3n) is 3.68. The van der Waals surface area contributed by atoms with E-state index >= 15 is 0 Å². The smallest absolute Gasteiger partial charge is 0.308 e. The fourth-order valence-electron chi connectivity index (χ4n) is 2.56. The van der Waals surface area contributed by atoms with Crippen LogP contribution in [0.5, 0.6) is 0 Å². The molecule has 1 aromatic carbocycles. The molecule has 23 heavy (non-hydrogen) atoms. The number of imide groups is 1. The average Bonchev–Trinajstić information content (AvgIpc) is 2.52. The van der Waals surface area contributed by atoms with Gasteiger partial charge in [-0.05, 0) is 5.56 Å². The molecular weight excluding hydrogens is 300 g/mol. The topological polar surface area (TPSA) is 92.8 Å². The van der Waals surface area contributed by atoms with Crippen LogP contribution < -0.4 is 5.32 Å². The first kappa shape index (κ1) is 16.7.